The van der Waals surface area contributed by atoms with Crippen molar-refractivity contribution in [3.8, 4) is 0 Å². The van der Waals surface area contributed by atoms with E-state index in [4.69, 9.17) is 11.6 Å². The molecule has 1 aromatic rings. The Morgan fingerprint density at radius 2 is 2.12 bits per heavy atom. The summed E-state index contributed by atoms with van der Waals surface area (Å²) in [5, 5.41) is 6.71. The molecular weight excluding hydrogens is 236 g/mol. The highest BCUT2D eigenvalue weighted by molar-refractivity contribution is 6.30. The van der Waals surface area contributed by atoms with Crippen LogP contribution >= 0.6 is 11.6 Å². The van der Waals surface area contributed by atoms with Crippen LogP contribution in [0.4, 0.5) is 5.69 Å². The molecule has 90 valence electrons. The van der Waals surface area contributed by atoms with Crippen LogP contribution in [0, 0.1) is 6.92 Å². The number of amides is 1. The predicted molar refractivity (Wildman–Crippen MR) is 70.4 cm³/mol. The molecule has 2 rings (SSSR count). The van der Waals surface area contributed by atoms with Crippen LogP contribution < -0.4 is 10.6 Å². The quantitative estimate of drug-likeness (QED) is 0.792. The lowest BCUT2D eigenvalue weighted by molar-refractivity contribution is -0.112. The molecule has 1 fully saturated rings. The van der Waals surface area contributed by atoms with Gasteiger partial charge in [-0.2, -0.15) is 0 Å². The van der Waals surface area contributed by atoms with Gasteiger partial charge in [0, 0.05) is 29.4 Å². The molecule has 0 unspecified atom stereocenters. The van der Waals surface area contributed by atoms with Crippen molar-refractivity contribution < 1.29 is 4.79 Å². The summed E-state index contributed by atoms with van der Waals surface area (Å²) >= 11 is 5.87. The topological polar surface area (TPSA) is 41.1 Å². The Hall–Kier alpha value is -1.32. The van der Waals surface area contributed by atoms with E-state index >= 15 is 0 Å². The van der Waals surface area contributed by atoms with Crippen LogP contribution in [-0.4, -0.2) is 19.0 Å². The maximum Gasteiger partial charge on any atom is 0.251 e. The standard InChI is InChI=1S/C13H15ClN2O/c1-8-5-11(14)3-4-12(8)16-13(17)9(2)10-6-15-7-10/h3-5,15H,6-7H2,1-2H3,(H,16,17). The van der Waals surface area contributed by atoms with E-state index in [1.54, 1.807) is 6.07 Å². The minimum Gasteiger partial charge on any atom is -0.322 e. The van der Waals surface area contributed by atoms with E-state index < -0.39 is 0 Å². The van der Waals surface area contributed by atoms with Gasteiger partial charge in [0.2, 0.25) is 0 Å². The smallest absolute Gasteiger partial charge is 0.251 e. The number of halogens is 1. The van der Waals surface area contributed by atoms with E-state index in [9.17, 15) is 4.79 Å². The SMILES string of the molecule is CC(C(=O)Nc1ccc(Cl)cc1C)=C1CNC1. The minimum atomic E-state index is -0.0353. The molecule has 0 spiro atoms. The van der Waals surface area contributed by atoms with Gasteiger partial charge < -0.3 is 10.6 Å². The van der Waals surface area contributed by atoms with Crippen molar-refractivity contribution in [3.05, 3.63) is 39.9 Å². The fraction of sp³-hybridized carbons (Fsp3) is 0.308. The summed E-state index contributed by atoms with van der Waals surface area (Å²) in [6.07, 6.45) is 0. The molecule has 0 atom stereocenters. The van der Waals surface area contributed by atoms with E-state index in [0.717, 1.165) is 29.9 Å². The Morgan fingerprint density at radius 1 is 1.41 bits per heavy atom. The zero-order valence-electron chi connectivity index (χ0n) is 9.93. The van der Waals surface area contributed by atoms with Gasteiger partial charge in [-0.15, -0.1) is 0 Å². The number of carbonyl (C=O) groups excluding carboxylic acids is 1. The minimum absolute atomic E-state index is 0.0353. The van der Waals surface area contributed by atoms with Gasteiger partial charge in [-0.1, -0.05) is 11.6 Å². The molecule has 1 heterocycles. The van der Waals surface area contributed by atoms with E-state index in [2.05, 4.69) is 10.6 Å². The number of hydrogen-bond acceptors (Lipinski definition) is 2. The summed E-state index contributed by atoms with van der Waals surface area (Å²) < 4.78 is 0. The average Bonchev–Trinajstić information content (AvgIpc) is 2.19. The van der Waals surface area contributed by atoms with Gasteiger partial charge in [-0.3, -0.25) is 4.79 Å². The van der Waals surface area contributed by atoms with E-state index in [1.807, 2.05) is 26.0 Å². The second kappa shape index (κ2) is 4.90. The Kier molecular flexibility index (Phi) is 3.50. The highest BCUT2D eigenvalue weighted by Gasteiger charge is 2.16. The van der Waals surface area contributed by atoms with Crippen LogP contribution in [0.5, 0.6) is 0 Å². The van der Waals surface area contributed by atoms with Gasteiger partial charge in [0.1, 0.15) is 0 Å². The Bertz CT molecular complexity index is 488. The second-order valence-corrected chi connectivity index (χ2v) is 4.68. The van der Waals surface area contributed by atoms with Crippen molar-refractivity contribution in [2.45, 2.75) is 13.8 Å². The molecule has 0 aliphatic carbocycles. The first-order chi connectivity index (χ1) is 8.08. The summed E-state index contributed by atoms with van der Waals surface area (Å²) in [4.78, 5) is 12.0. The fourth-order valence-electron chi connectivity index (χ4n) is 1.66. The average molecular weight is 251 g/mol. The summed E-state index contributed by atoms with van der Waals surface area (Å²) in [7, 11) is 0. The van der Waals surface area contributed by atoms with Gasteiger partial charge >= 0.3 is 0 Å². The number of anilines is 1. The molecule has 17 heavy (non-hydrogen) atoms. The third-order valence-electron chi connectivity index (χ3n) is 2.98. The largest absolute Gasteiger partial charge is 0.322 e. The van der Waals surface area contributed by atoms with Gasteiger partial charge in [-0.05, 0) is 43.2 Å². The molecular formula is C13H15ClN2O. The van der Waals surface area contributed by atoms with Crippen LogP contribution in [0.2, 0.25) is 5.02 Å². The normalized spacial score (nSPS) is 14.2. The lowest BCUT2D eigenvalue weighted by Gasteiger charge is -2.21. The molecule has 4 heteroatoms. The maximum absolute atomic E-state index is 12.0. The van der Waals surface area contributed by atoms with Crippen LogP contribution in [0.15, 0.2) is 29.3 Å². The number of nitrogens with one attached hydrogen (secondary N) is 2. The lowest BCUT2D eigenvalue weighted by atomic mass is 10.0. The van der Waals surface area contributed by atoms with Gasteiger partial charge in [0.05, 0.1) is 0 Å². The number of benzene rings is 1. The van der Waals surface area contributed by atoms with Crippen LogP contribution in [0.25, 0.3) is 0 Å². The van der Waals surface area contributed by atoms with Gasteiger partial charge in [0.25, 0.3) is 5.91 Å². The number of aryl methyl sites for hydroxylation is 1. The first-order valence-corrected chi connectivity index (χ1v) is 5.92. The third-order valence-corrected chi connectivity index (χ3v) is 3.22. The molecule has 0 radical (unpaired) electrons. The first-order valence-electron chi connectivity index (χ1n) is 5.55. The fourth-order valence-corrected chi connectivity index (χ4v) is 1.89. The van der Waals surface area contributed by atoms with Gasteiger partial charge in [0.15, 0.2) is 0 Å². The summed E-state index contributed by atoms with van der Waals surface area (Å²) in [5.41, 5.74) is 3.76. The van der Waals surface area contributed by atoms with E-state index in [1.165, 1.54) is 5.57 Å². The summed E-state index contributed by atoms with van der Waals surface area (Å²) in [6, 6.07) is 5.44. The molecule has 1 aliphatic rings. The van der Waals surface area contributed by atoms with Crippen molar-refractivity contribution in [1.82, 2.24) is 5.32 Å². The first kappa shape index (κ1) is 12.1. The number of carbonyl (C=O) groups is 1. The molecule has 1 aromatic carbocycles. The lowest BCUT2D eigenvalue weighted by Crippen LogP contribution is -2.36. The molecule has 2 N–H and O–H groups in total. The molecule has 1 saturated heterocycles. The monoisotopic (exact) mass is 250 g/mol. The second-order valence-electron chi connectivity index (χ2n) is 4.25. The zero-order chi connectivity index (χ0) is 12.4. The molecule has 0 aromatic heterocycles. The third kappa shape index (κ3) is 2.68. The van der Waals surface area contributed by atoms with Gasteiger partial charge in [-0.25, -0.2) is 0 Å². The van der Waals surface area contributed by atoms with Crippen molar-refractivity contribution in [1.29, 1.82) is 0 Å². The molecule has 1 amide bonds. The molecule has 1 aliphatic heterocycles. The van der Waals surface area contributed by atoms with Crippen LogP contribution in [-0.2, 0) is 4.79 Å². The summed E-state index contributed by atoms with van der Waals surface area (Å²) in [5.74, 6) is -0.0353. The highest BCUT2D eigenvalue weighted by atomic mass is 35.5. The van der Waals surface area contributed by atoms with Crippen LogP contribution in [0.3, 0.4) is 0 Å². The van der Waals surface area contributed by atoms with E-state index in [0.29, 0.717) is 5.02 Å². The molecule has 0 saturated carbocycles. The Labute approximate surface area is 106 Å². The Morgan fingerprint density at radius 3 is 2.65 bits per heavy atom. The predicted octanol–water partition coefficient (Wildman–Crippen LogP) is 2.51. The number of hydrogen-bond donors (Lipinski definition) is 2. The van der Waals surface area contributed by atoms with Crippen molar-refractivity contribution >= 4 is 23.2 Å². The summed E-state index contributed by atoms with van der Waals surface area (Å²) in [6.45, 7) is 5.42. The van der Waals surface area contributed by atoms with Crippen molar-refractivity contribution in [2.24, 2.45) is 0 Å². The van der Waals surface area contributed by atoms with Crippen molar-refractivity contribution in [3.63, 3.8) is 0 Å². The van der Waals surface area contributed by atoms with Crippen molar-refractivity contribution in [2.75, 3.05) is 18.4 Å². The molecule has 0 bridgehead atoms. The maximum atomic E-state index is 12.0. The highest BCUT2D eigenvalue weighted by Crippen LogP contribution is 2.20. The Balaban J connectivity index is 2.13. The zero-order valence-corrected chi connectivity index (χ0v) is 10.7. The van der Waals surface area contributed by atoms with E-state index in [-0.39, 0.29) is 5.91 Å². The molecule has 3 nitrogen and oxygen atoms in total. The van der Waals surface area contributed by atoms with Crippen LogP contribution in [0.1, 0.15) is 12.5 Å². The number of rotatable bonds is 2.